The molecule has 2 atom stereocenters. The maximum Gasteiger partial charge on any atom is 0.105 e. The molecule has 1 aromatic carbocycles. The van der Waals surface area contributed by atoms with Gasteiger partial charge in [-0.15, -0.1) is 0 Å². The quantitative estimate of drug-likeness (QED) is 0.666. The number of benzene rings is 1. The Morgan fingerprint density at radius 1 is 1.09 bits per heavy atom. The molecule has 1 rings (SSSR count). The van der Waals surface area contributed by atoms with E-state index in [-0.39, 0.29) is 0 Å². The minimum absolute atomic E-state index is 0.711. The zero-order valence-electron chi connectivity index (χ0n) is 6.44. The van der Waals surface area contributed by atoms with Gasteiger partial charge in [0.2, 0.25) is 0 Å². The highest BCUT2D eigenvalue weighted by Gasteiger charge is 2.11. The van der Waals surface area contributed by atoms with Crippen molar-refractivity contribution in [1.29, 1.82) is 0 Å². The van der Waals surface area contributed by atoms with Crippen LogP contribution in [-0.4, -0.2) is 16.3 Å². The molecule has 0 bridgehead atoms. The molecule has 0 aromatic heterocycles. The van der Waals surface area contributed by atoms with Crippen molar-refractivity contribution in [1.82, 2.24) is 0 Å². The van der Waals surface area contributed by atoms with E-state index in [1.807, 2.05) is 18.2 Å². The summed E-state index contributed by atoms with van der Waals surface area (Å²) < 4.78 is 0. The van der Waals surface area contributed by atoms with E-state index in [2.05, 4.69) is 0 Å². The molecule has 0 spiro atoms. The average Bonchev–Trinajstić information content (AvgIpc) is 2.05. The Labute approximate surface area is 66.1 Å². The molecule has 0 aliphatic heterocycles. The minimum Gasteiger partial charge on any atom is -0.390 e. The summed E-state index contributed by atoms with van der Waals surface area (Å²) >= 11 is 0. The Morgan fingerprint density at radius 3 is 2.09 bits per heavy atom. The van der Waals surface area contributed by atoms with E-state index in [1.165, 1.54) is 0 Å². The first-order chi connectivity index (χ1) is 5.22. The van der Waals surface area contributed by atoms with E-state index in [0.29, 0.717) is 0 Å². The second-order valence-corrected chi connectivity index (χ2v) is 2.60. The Hall–Kier alpha value is -0.860. The summed E-state index contributed by atoms with van der Waals surface area (Å²) in [5, 5.41) is 18.4. The summed E-state index contributed by atoms with van der Waals surface area (Å²) in [5.41, 5.74) is 0.752. The second-order valence-electron chi connectivity index (χ2n) is 2.60. The molecule has 1 aromatic rings. The Bertz CT molecular complexity index is 206. The van der Waals surface area contributed by atoms with Gasteiger partial charge >= 0.3 is 0 Å². The lowest BCUT2D eigenvalue weighted by atomic mass is 10.1. The molecule has 0 saturated carbocycles. The third-order valence-corrected chi connectivity index (χ3v) is 1.60. The van der Waals surface area contributed by atoms with Gasteiger partial charge in [0.15, 0.2) is 0 Å². The van der Waals surface area contributed by atoms with Crippen LogP contribution >= 0.6 is 0 Å². The molecular formula is C9H12O2. The summed E-state index contributed by atoms with van der Waals surface area (Å²) in [7, 11) is 0. The van der Waals surface area contributed by atoms with Crippen LogP contribution in [-0.2, 0) is 0 Å². The van der Waals surface area contributed by atoms with Crippen LogP contribution in [0.25, 0.3) is 0 Å². The van der Waals surface area contributed by atoms with Crippen molar-refractivity contribution in [2.75, 3.05) is 0 Å². The largest absolute Gasteiger partial charge is 0.390 e. The van der Waals surface area contributed by atoms with Crippen molar-refractivity contribution < 1.29 is 10.2 Å². The Kier molecular flexibility index (Phi) is 2.63. The van der Waals surface area contributed by atoms with Crippen LogP contribution in [0.3, 0.4) is 0 Å². The van der Waals surface area contributed by atoms with Crippen LogP contribution in [0.5, 0.6) is 0 Å². The number of rotatable bonds is 2. The van der Waals surface area contributed by atoms with E-state index in [4.69, 9.17) is 5.11 Å². The molecule has 2 N–H and O–H groups in total. The van der Waals surface area contributed by atoms with Crippen LogP contribution in [0.15, 0.2) is 30.3 Å². The van der Waals surface area contributed by atoms with Crippen LogP contribution in [0.4, 0.5) is 0 Å². The smallest absolute Gasteiger partial charge is 0.105 e. The average molecular weight is 152 g/mol. The Morgan fingerprint density at radius 2 is 1.64 bits per heavy atom. The minimum atomic E-state index is -0.767. The van der Waals surface area contributed by atoms with Gasteiger partial charge in [0.05, 0.1) is 6.10 Å². The first-order valence-electron chi connectivity index (χ1n) is 3.63. The fourth-order valence-corrected chi connectivity index (χ4v) is 0.929. The summed E-state index contributed by atoms with van der Waals surface area (Å²) in [6, 6.07) is 9.12. The molecule has 0 heterocycles. The second kappa shape index (κ2) is 3.51. The number of aliphatic hydroxyl groups is 2. The lowest BCUT2D eigenvalue weighted by molar-refractivity contribution is 0.0305. The van der Waals surface area contributed by atoms with Gasteiger partial charge in [-0.25, -0.2) is 0 Å². The molecule has 60 valence electrons. The van der Waals surface area contributed by atoms with Gasteiger partial charge in [0.25, 0.3) is 0 Å². The molecule has 0 aliphatic rings. The van der Waals surface area contributed by atoms with Gasteiger partial charge in [-0.1, -0.05) is 30.3 Å². The summed E-state index contributed by atoms with van der Waals surface area (Å²) in [4.78, 5) is 0. The molecule has 2 heteroatoms. The van der Waals surface area contributed by atoms with Gasteiger partial charge in [-0.2, -0.15) is 0 Å². The van der Waals surface area contributed by atoms with Gasteiger partial charge in [-0.05, 0) is 12.5 Å². The molecule has 0 fully saturated rings. The van der Waals surface area contributed by atoms with Crippen molar-refractivity contribution in [2.24, 2.45) is 0 Å². The maximum atomic E-state index is 9.35. The van der Waals surface area contributed by atoms with Crippen molar-refractivity contribution in [3.63, 3.8) is 0 Å². The zero-order chi connectivity index (χ0) is 8.27. The molecule has 0 amide bonds. The summed E-state index contributed by atoms with van der Waals surface area (Å²) in [6.45, 7) is 1.57. The van der Waals surface area contributed by atoms with Gasteiger partial charge < -0.3 is 10.2 Å². The Balaban J connectivity index is 2.77. The van der Waals surface area contributed by atoms with E-state index in [9.17, 15) is 5.11 Å². The van der Waals surface area contributed by atoms with Crippen molar-refractivity contribution >= 4 is 0 Å². The van der Waals surface area contributed by atoms with Crippen LogP contribution in [0.1, 0.15) is 18.6 Å². The topological polar surface area (TPSA) is 40.5 Å². The SMILES string of the molecule is C[C@@H](O)C(O)c1ccccc1. The standard InChI is InChI=1S/C9H12O2/c1-7(10)9(11)8-5-3-2-4-6-8/h2-7,9-11H,1H3/t7-,9?/m1/s1. The van der Waals surface area contributed by atoms with Crippen LogP contribution in [0, 0.1) is 0 Å². The molecule has 0 aliphatic carbocycles. The maximum absolute atomic E-state index is 9.35. The predicted molar refractivity (Wildman–Crippen MR) is 43.1 cm³/mol. The predicted octanol–water partition coefficient (Wildman–Crippen LogP) is 1.10. The molecular weight excluding hydrogens is 140 g/mol. The lowest BCUT2D eigenvalue weighted by Crippen LogP contribution is -2.13. The number of aliphatic hydroxyl groups excluding tert-OH is 2. The highest BCUT2D eigenvalue weighted by atomic mass is 16.3. The van der Waals surface area contributed by atoms with Crippen LogP contribution < -0.4 is 0 Å². The van der Waals surface area contributed by atoms with E-state index >= 15 is 0 Å². The van der Waals surface area contributed by atoms with Gasteiger partial charge in [0.1, 0.15) is 6.10 Å². The fraction of sp³-hybridized carbons (Fsp3) is 0.333. The monoisotopic (exact) mass is 152 g/mol. The first kappa shape index (κ1) is 8.24. The van der Waals surface area contributed by atoms with E-state index in [1.54, 1.807) is 19.1 Å². The summed E-state index contributed by atoms with van der Waals surface area (Å²) in [6.07, 6.45) is -1.48. The number of hydrogen-bond acceptors (Lipinski definition) is 2. The molecule has 1 unspecified atom stereocenters. The van der Waals surface area contributed by atoms with E-state index in [0.717, 1.165) is 5.56 Å². The zero-order valence-corrected chi connectivity index (χ0v) is 6.44. The molecule has 11 heavy (non-hydrogen) atoms. The normalized spacial score (nSPS) is 15.9. The van der Waals surface area contributed by atoms with Crippen molar-refractivity contribution in [3.8, 4) is 0 Å². The highest BCUT2D eigenvalue weighted by molar-refractivity contribution is 5.17. The van der Waals surface area contributed by atoms with E-state index < -0.39 is 12.2 Å². The van der Waals surface area contributed by atoms with Crippen molar-refractivity contribution in [2.45, 2.75) is 19.1 Å². The van der Waals surface area contributed by atoms with Crippen LogP contribution in [0.2, 0.25) is 0 Å². The van der Waals surface area contributed by atoms with Gasteiger partial charge in [0, 0.05) is 0 Å². The third kappa shape index (κ3) is 2.03. The summed E-state index contributed by atoms with van der Waals surface area (Å²) in [5.74, 6) is 0. The first-order valence-corrected chi connectivity index (χ1v) is 3.63. The van der Waals surface area contributed by atoms with Gasteiger partial charge in [-0.3, -0.25) is 0 Å². The lowest BCUT2D eigenvalue weighted by Gasteiger charge is -2.12. The molecule has 2 nitrogen and oxygen atoms in total. The highest BCUT2D eigenvalue weighted by Crippen LogP contribution is 2.15. The third-order valence-electron chi connectivity index (χ3n) is 1.60. The number of hydrogen-bond donors (Lipinski definition) is 2. The van der Waals surface area contributed by atoms with Crippen molar-refractivity contribution in [3.05, 3.63) is 35.9 Å². The fourth-order valence-electron chi connectivity index (χ4n) is 0.929. The molecule has 0 radical (unpaired) electrons. The molecule has 0 saturated heterocycles.